The number of fused-ring (bicyclic) bond motifs is 3. The molecule has 0 unspecified atom stereocenters. The molecule has 1 aliphatic rings. The highest BCUT2D eigenvalue weighted by molar-refractivity contribution is 5.89. The minimum atomic E-state index is -0.0969. The van der Waals surface area contributed by atoms with E-state index in [0.717, 1.165) is 28.2 Å². The molecule has 210 valence electrons. The van der Waals surface area contributed by atoms with Gasteiger partial charge in [0.2, 0.25) is 0 Å². The van der Waals surface area contributed by atoms with Crippen LogP contribution >= 0.6 is 0 Å². The smallest absolute Gasteiger partial charge is 0.178 e. The Hall–Kier alpha value is -5.61. The van der Waals surface area contributed by atoms with Gasteiger partial charge < -0.3 is 4.98 Å². The number of rotatable bonds is 5. The van der Waals surface area contributed by atoms with Crippen molar-refractivity contribution < 1.29 is 0 Å². The van der Waals surface area contributed by atoms with E-state index < -0.39 is 0 Å². The Kier molecular flexibility index (Phi) is 6.09. The van der Waals surface area contributed by atoms with Crippen molar-refractivity contribution >= 4 is 0 Å². The predicted octanol–water partition coefficient (Wildman–Crippen LogP) is 9.84. The van der Waals surface area contributed by atoms with Crippen molar-refractivity contribution in [1.82, 2.24) is 19.9 Å². The number of imidazole rings is 1. The summed E-state index contributed by atoms with van der Waals surface area (Å²) >= 11 is 0. The molecule has 0 fully saturated rings. The second kappa shape index (κ2) is 10.3. The molecule has 2 aromatic heterocycles. The maximum absolute atomic E-state index is 5.02. The van der Waals surface area contributed by atoms with Crippen LogP contribution in [-0.2, 0) is 5.41 Å². The van der Waals surface area contributed by atoms with Crippen molar-refractivity contribution in [1.29, 1.82) is 0 Å². The molecule has 0 aliphatic heterocycles. The van der Waals surface area contributed by atoms with Gasteiger partial charge in [-0.2, -0.15) is 0 Å². The lowest BCUT2D eigenvalue weighted by Gasteiger charge is -2.24. The Labute approximate surface area is 257 Å². The second-order valence-corrected chi connectivity index (χ2v) is 11.9. The average molecular weight is 567 g/mol. The summed E-state index contributed by atoms with van der Waals surface area (Å²) in [6, 6.07) is 45.3. The van der Waals surface area contributed by atoms with E-state index in [-0.39, 0.29) is 5.41 Å². The zero-order valence-corrected chi connectivity index (χ0v) is 24.6. The summed E-state index contributed by atoms with van der Waals surface area (Å²) < 4.78 is 0. The minimum absolute atomic E-state index is 0.0969. The molecule has 0 bridgehead atoms. The summed E-state index contributed by atoms with van der Waals surface area (Å²) in [4.78, 5) is 17.4. The summed E-state index contributed by atoms with van der Waals surface area (Å²) in [5.74, 6) is 0.615. The highest BCUT2D eigenvalue weighted by Crippen LogP contribution is 2.52. The van der Waals surface area contributed by atoms with Gasteiger partial charge in [0.25, 0.3) is 0 Å². The van der Waals surface area contributed by atoms with E-state index in [9.17, 15) is 0 Å². The summed E-state index contributed by atoms with van der Waals surface area (Å²) in [6.07, 6.45) is 3.43. The Morgan fingerprint density at radius 2 is 1.14 bits per heavy atom. The van der Waals surface area contributed by atoms with E-state index >= 15 is 0 Å². The lowest BCUT2D eigenvalue weighted by atomic mass is 9.78. The fourth-order valence-corrected chi connectivity index (χ4v) is 6.64. The van der Waals surface area contributed by atoms with E-state index in [0.29, 0.717) is 5.82 Å². The van der Waals surface area contributed by atoms with Gasteiger partial charge in [-0.1, -0.05) is 129 Å². The van der Waals surface area contributed by atoms with Gasteiger partial charge in [-0.3, -0.25) is 0 Å². The number of nitrogens with zero attached hydrogens (tertiary/aromatic N) is 3. The molecular weight excluding hydrogens is 536 g/mol. The van der Waals surface area contributed by atoms with E-state index in [1.165, 1.54) is 44.5 Å². The van der Waals surface area contributed by atoms with Gasteiger partial charge >= 0.3 is 0 Å². The standard InChI is InChI=1S/C40H30N4/c1-40(2)34-17-7-6-14-32(34)33-16-9-15-31(38(33)40)29-12-8-13-30(22-29)36-23-35(43-39(44-36)37-24-41-25-42-37)28-20-18-27(19-21-28)26-10-4-3-5-11-26/h3-25H,1-2H3,(H,41,42). The van der Waals surface area contributed by atoms with Gasteiger partial charge in [-0.05, 0) is 56.6 Å². The van der Waals surface area contributed by atoms with Crippen LogP contribution in [0.15, 0.2) is 140 Å². The van der Waals surface area contributed by atoms with Gasteiger partial charge in [0.15, 0.2) is 5.82 Å². The quantitative estimate of drug-likeness (QED) is 0.226. The van der Waals surface area contributed by atoms with Crippen molar-refractivity contribution in [3.05, 3.63) is 151 Å². The fourth-order valence-electron chi connectivity index (χ4n) is 6.64. The Balaban J connectivity index is 1.24. The van der Waals surface area contributed by atoms with Crippen LogP contribution in [0.5, 0.6) is 0 Å². The van der Waals surface area contributed by atoms with E-state index in [1.807, 2.05) is 6.07 Å². The summed E-state index contributed by atoms with van der Waals surface area (Å²) in [7, 11) is 0. The molecule has 7 aromatic rings. The van der Waals surface area contributed by atoms with Gasteiger partial charge in [0.1, 0.15) is 5.69 Å². The number of hydrogen-bond donors (Lipinski definition) is 1. The molecule has 0 saturated heterocycles. The molecule has 5 aromatic carbocycles. The third-order valence-corrected chi connectivity index (χ3v) is 8.80. The van der Waals surface area contributed by atoms with E-state index in [2.05, 4.69) is 145 Å². The first-order valence-corrected chi connectivity index (χ1v) is 14.9. The summed E-state index contributed by atoms with van der Waals surface area (Å²) in [6.45, 7) is 4.67. The van der Waals surface area contributed by atoms with Crippen molar-refractivity contribution in [3.8, 4) is 67.4 Å². The molecule has 0 radical (unpaired) electrons. The van der Waals surface area contributed by atoms with Crippen LogP contribution in [0, 0.1) is 0 Å². The Morgan fingerprint density at radius 3 is 1.93 bits per heavy atom. The molecular formula is C40H30N4. The summed E-state index contributed by atoms with van der Waals surface area (Å²) in [5, 5.41) is 0. The number of hydrogen-bond acceptors (Lipinski definition) is 3. The predicted molar refractivity (Wildman–Crippen MR) is 179 cm³/mol. The first-order valence-electron chi connectivity index (χ1n) is 14.9. The van der Waals surface area contributed by atoms with E-state index in [1.54, 1.807) is 12.5 Å². The van der Waals surface area contributed by atoms with Crippen LogP contribution < -0.4 is 0 Å². The van der Waals surface area contributed by atoms with Gasteiger partial charge in [0, 0.05) is 16.5 Å². The number of benzene rings is 5. The van der Waals surface area contributed by atoms with Crippen LogP contribution in [0.2, 0.25) is 0 Å². The van der Waals surface area contributed by atoms with Crippen molar-refractivity contribution in [3.63, 3.8) is 0 Å². The minimum Gasteiger partial charge on any atom is -0.342 e. The van der Waals surface area contributed by atoms with Gasteiger partial charge in [0.05, 0.1) is 23.9 Å². The van der Waals surface area contributed by atoms with Gasteiger partial charge in [-0.15, -0.1) is 0 Å². The molecule has 0 atom stereocenters. The molecule has 1 N–H and O–H groups in total. The number of aromatic nitrogens is 4. The lowest BCUT2D eigenvalue weighted by molar-refractivity contribution is 0.662. The largest absolute Gasteiger partial charge is 0.342 e. The SMILES string of the molecule is CC1(C)c2ccccc2-c2cccc(-c3cccc(-c4cc(-c5ccc(-c6ccccc6)cc5)nc(-c5cnc[nH]5)n4)c3)c21. The number of H-pyrrole nitrogens is 1. The highest BCUT2D eigenvalue weighted by Gasteiger charge is 2.37. The summed E-state index contributed by atoms with van der Waals surface area (Å²) in [5.41, 5.74) is 14.7. The van der Waals surface area contributed by atoms with Crippen molar-refractivity contribution in [2.45, 2.75) is 19.3 Å². The maximum Gasteiger partial charge on any atom is 0.178 e. The Morgan fingerprint density at radius 1 is 0.523 bits per heavy atom. The fraction of sp³-hybridized carbons (Fsp3) is 0.0750. The van der Waals surface area contributed by atoms with Crippen LogP contribution in [0.1, 0.15) is 25.0 Å². The second-order valence-electron chi connectivity index (χ2n) is 11.9. The molecule has 0 saturated carbocycles. The van der Waals surface area contributed by atoms with Gasteiger partial charge in [-0.25, -0.2) is 15.0 Å². The number of aromatic amines is 1. The normalized spacial score (nSPS) is 13.0. The third-order valence-electron chi connectivity index (χ3n) is 8.80. The van der Waals surface area contributed by atoms with E-state index in [4.69, 9.17) is 9.97 Å². The first kappa shape index (κ1) is 26.1. The molecule has 1 aliphatic carbocycles. The third kappa shape index (κ3) is 4.35. The topological polar surface area (TPSA) is 54.5 Å². The van der Waals surface area contributed by atoms with Crippen LogP contribution in [0.4, 0.5) is 0 Å². The molecule has 2 heterocycles. The van der Waals surface area contributed by atoms with Crippen LogP contribution in [-0.4, -0.2) is 19.9 Å². The van der Waals surface area contributed by atoms with Crippen LogP contribution in [0.3, 0.4) is 0 Å². The molecule has 0 spiro atoms. The average Bonchev–Trinajstić information content (AvgIpc) is 3.71. The first-order chi connectivity index (χ1) is 21.6. The molecule has 8 rings (SSSR count). The van der Waals surface area contributed by atoms with Crippen molar-refractivity contribution in [2.24, 2.45) is 0 Å². The lowest BCUT2D eigenvalue weighted by Crippen LogP contribution is -2.16. The zero-order valence-electron chi connectivity index (χ0n) is 24.6. The van der Waals surface area contributed by atoms with Crippen LogP contribution in [0.25, 0.3) is 67.4 Å². The molecule has 4 heteroatoms. The maximum atomic E-state index is 5.02. The zero-order chi connectivity index (χ0) is 29.7. The highest BCUT2D eigenvalue weighted by atomic mass is 15.0. The Bertz CT molecular complexity index is 2130. The number of nitrogens with one attached hydrogen (secondary N) is 1. The molecule has 0 amide bonds. The monoisotopic (exact) mass is 566 g/mol. The molecule has 44 heavy (non-hydrogen) atoms. The van der Waals surface area contributed by atoms with Crippen molar-refractivity contribution in [2.75, 3.05) is 0 Å². The molecule has 4 nitrogen and oxygen atoms in total.